The maximum absolute atomic E-state index is 13.7. The molecule has 3 rings (SSSR count). The summed E-state index contributed by atoms with van der Waals surface area (Å²) >= 11 is 0. The maximum atomic E-state index is 13.7. The molecule has 0 aromatic heterocycles. The molecule has 2 aromatic rings. The average molecular weight is 344 g/mol. The highest BCUT2D eigenvalue weighted by molar-refractivity contribution is 5.92. The molecule has 1 saturated heterocycles. The van der Waals surface area contributed by atoms with Crippen molar-refractivity contribution in [1.82, 2.24) is 4.90 Å². The third-order valence-corrected chi connectivity index (χ3v) is 4.72. The van der Waals surface area contributed by atoms with Gasteiger partial charge < -0.3 is 5.32 Å². The molecule has 1 unspecified atom stereocenters. The minimum Gasteiger partial charge on any atom is -0.323 e. The molecule has 1 amide bonds. The molecule has 0 aliphatic carbocycles. The zero-order chi connectivity index (χ0) is 17.8. The zero-order valence-corrected chi connectivity index (χ0v) is 14.3. The summed E-state index contributed by atoms with van der Waals surface area (Å²) in [5, 5.41) is 2.60. The van der Waals surface area contributed by atoms with E-state index in [1.165, 1.54) is 17.2 Å². The van der Waals surface area contributed by atoms with Crippen LogP contribution in [0.3, 0.4) is 0 Å². The standard InChI is InChI=1S/C20H22F2N2O/c1-14-5-2-3-6-15(14)12-24-10-4-7-16(13-24)20(25)23-19-9-8-17(21)11-18(19)22/h2-3,5-6,8-9,11,16H,4,7,10,12-13H2,1H3,(H,23,25). The number of rotatable bonds is 4. The Morgan fingerprint density at radius 2 is 2.04 bits per heavy atom. The largest absolute Gasteiger partial charge is 0.323 e. The van der Waals surface area contributed by atoms with Gasteiger partial charge in [0, 0.05) is 19.2 Å². The van der Waals surface area contributed by atoms with E-state index in [1.54, 1.807) is 0 Å². The van der Waals surface area contributed by atoms with Crippen molar-refractivity contribution in [2.75, 3.05) is 18.4 Å². The lowest BCUT2D eigenvalue weighted by Gasteiger charge is -2.32. The summed E-state index contributed by atoms with van der Waals surface area (Å²) in [4.78, 5) is 14.7. The van der Waals surface area contributed by atoms with Gasteiger partial charge >= 0.3 is 0 Å². The Labute approximate surface area is 146 Å². The number of nitrogens with zero attached hydrogens (tertiary/aromatic N) is 1. The fourth-order valence-corrected chi connectivity index (χ4v) is 3.27. The Morgan fingerprint density at radius 3 is 2.80 bits per heavy atom. The molecule has 132 valence electrons. The lowest BCUT2D eigenvalue weighted by molar-refractivity contribution is -0.121. The number of carbonyl (C=O) groups is 1. The first-order valence-electron chi connectivity index (χ1n) is 8.55. The molecule has 0 radical (unpaired) electrons. The van der Waals surface area contributed by atoms with Crippen molar-refractivity contribution in [3.63, 3.8) is 0 Å². The van der Waals surface area contributed by atoms with Crippen molar-refractivity contribution in [2.45, 2.75) is 26.3 Å². The van der Waals surface area contributed by atoms with Crippen molar-refractivity contribution in [3.05, 3.63) is 65.2 Å². The van der Waals surface area contributed by atoms with Gasteiger partial charge in [0.1, 0.15) is 11.6 Å². The van der Waals surface area contributed by atoms with Gasteiger partial charge in [-0.2, -0.15) is 0 Å². The molecule has 0 spiro atoms. The third-order valence-electron chi connectivity index (χ3n) is 4.72. The topological polar surface area (TPSA) is 32.3 Å². The van der Waals surface area contributed by atoms with Gasteiger partial charge in [-0.3, -0.25) is 9.69 Å². The first-order valence-corrected chi connectivity index (χ1v) is 8.55. The lowest BCUT2D eigenvalue weighted by Crippen LogP contribution is -2.40. The van der Waals surface area contributed by atoms with Crippen LogP contribution < -0.4 is 5.32 Å². The Balaban J connectivity index is 1.62. The highest BCUT2D eigenvalue weighted by atomic mass is 19.1. The van der Waals surface area contributed by atoms with Crippen LogP contribution in [-0.2, 0) is 11.3 Å². The number of nitrogens with one attached hydrogen (secondary N) is 1. The molecule has 25 heavy (non-hydrogen) atoms. The van der Waals surface area contributed by atoms with E-state index in [2.05, 4.69) is 29.3 Å². The quantitative estimate of drug-likeness (QED) is 0.905. The summed E-state index contributed by atoms with van der Waals surface area (Å²) < 4.78 is 26.7. The van der Waals surface area contributed by atoms with Gasteiger partial charge in [-0.05, 0) is 49.6 Å². The molecule has 1 atom stereocenters. The minimum atomic E-state index is -0.749. The molecule has 0 saturated carbocycles. The van der Waals surface area contributed by atoms with E-state index in [1.807, 2.05) is 12.1 Å². The minimum absolute atomic E-state index is 0.0300. The molecule has 5 heteroatoms. The zero-order valence-electron chi connectivity index (χ0n) is 14.3. The van der Waals surface area contributed by atoms with Crippen LogP contribution in [0.5, 0.6) is 0 Å². The summed E-state index contributed by atoms with van der Waals surface area (Å²) in [6, 6.07) is 11.4. The molecule has 2 aromatic carbocycles. The van der Waals surface area contributed by atoms with Crippen LogP contribution in [0.15, 0.2) is 42.5 Å². The molecule has 3 nitrogen and oxygen atoms in total. The number of aryl methyl sites for hydroxylation is 1. The number of amides is 1. The van der Waals surface area contributed by atoms with E-state index < -0.39 is 11.6 Å². The fourth-order valence-electron chi connectivity index (χ4n) is 3.27. The predicted octanol–water partition coefficient (Wildman–Crippen LogP) is 4.12. The summed E-state index contributed by atoms with van der Waals surface area (Å²) in [6.07, 6.45) is 1.70. The molecule has 0 bridgehead atoms. The summed E-state index contributed by atoms with van der Waals surface area (Å²) in [6.45, 7) is 4.48. The van der Waals surface area contributed by atoms with Crippen LogP contribution in [0.1, 0.15) is 24.0 Å². The highest BCUT2D eigenvalue weighted by Crippen LogP contribution is 2.22. The number of anilines is 1. The van der Waals surface area contributed by atoms with Crippen LogP contribution in [0, 0.1) is 24.5 Å². The van der Waals surface area contributed by atoms with Gasteiger partial charge in [-0.15, -0.1) is 0 Å². The lowest BCUT2D eigenvalue weighted by atomic mass is 9.96. The van der Waals surface area contributed by atoms with E-state index in [9.17, 15) is 13.6 Å². The monoisotopic (exact) mass is 344 g/mol. The fraction of sp³-hybridized carbons (Fsp3) is 0.350. The summed E-state index contributed by atoms with van der Waals surface area (Å²) in [5.74, 6) is -1.80. The number of likely N-dealkylation sites (tertiary alicyclic amines) is 1. The molecule has 1 N–H and O–H groups in total. The summed E-state index contributed by atoms with van der Waals surface area (Å²) in [7, 11) is 0. The van der Waals surface area contributed by atoms with Crippen molar-refractivity contribution >= 4 is 11.6 Å². The first-order chi connectivity index (χ1) is 12.0. The Bertz CT molecular complexity index is 763. The Morgan fingerprint density at radius 1 is 1.24 bits per heavy atom. The second kappa shape index (κ2) is 7.74. The van der Waals surface area contributed by atoms with Crippen LogP contribution >= 0.6 is 0 Å². The Kier molecular flexibility index (Phi) is 5.43. The van der Waals surface area contributed by atoms with Crippen LogP contribution in [-0.4, -0.2) is 23.9 Å². The van der Waals surface area contributed by atoms with Gasteiger partial charge in [0.05, 0.1) is 11.6 Å². The second-order valence-electron chi connectivity index (χ2n) is 6.61. The second-order valence-corrected chi connectivity index (χ2v) is 6.61. The number of piperidine rings is 1. The van der Waals surface area contributed by atoms with Crippen LogP contribution in [0.25, 0.3) is 0 Å². The van der Waals surface area contributed by atoms with Gasteiger partial charge in [-0.1, -0.05) is 24.3 Å². The van der Waals surface area contributed by atoms with E-state index >= 15 is 0 Å². The van der Waals surface area contributed by atoms with E-state index in [-0.39, 0.29) is 17.5 Å². The predicted molar refractivity (Wildman–Crippen MR) is 94.2 cm³/mol. The smallest absolute Gasteiger partial charge is 0.228 e. The Hall–Kier alpha value is -2.27. The summed E-state index contributed by atoms with van der Waals surface area (Å²) in [5.41, 5.74) is 2.53. The normalized spacial score (nSPS) is 18.1. The molecule has 1 aliphatic rings. The van der Waals surface area contributed by atoms with Crippen molar-refractivity contribution < 1.29 is 13.6 Å². The van der Waals surface area contributed by atoms with Gasteiger partial charge in [0.2, 0.25) is 5.91 Å². The molecule has 1 heterocycles. The van der Waals surface area contributed by atoms with Crippen molar-refractivity contribution in [1.29, 1.82) is 0 Å². The third kappa shape index (κ3) is 4.42. The van der Waals surface area contributed by atoms with Gasteiger partial charge in [0.15, 0.2) is 0 Å². The molecular weight excluding hydrogens is 322 g/mol. The molecule has 1 aliphatic heterocycles. The van der Waals surface area contributed by atoms with E-state index in [0.29, 0.717) is 6.54 Å². The molecule has 1 fully saturated rings. The highest BCUT2D eigenvalue weighted by Gasteiger charge is 2.26. The number of halogens is 2. The number of hydrogen-bond acceptors (Lipinski definition) is 2. The van der Waals surface area contributed by atoms with Gasteiger partial charge in [-0.25, -0.2) is 8.78 Å². The maximum Gasteiger partial charge on any atom is 0.228 e. The molecular formula is C20H22F2N2O. The van der Waals surface area contributed by atoms with Crippen molar-refractivity contribution in [3.8, 4) is 0 Å². The van der Waals surface area contributed by atoms with E-state index in [0.717, 1.165) is 38.1 Å². The number of carbonyl (C=O) groups excluding carboxylic acids is 1. The first kappa shape index (κ1) is 17.5. The number of hydrogen-bond donors (Lipinski definition) is 1. The van der Waals surface area contributed by atoms with Crippen molar-refractivity contribution in [2.24, 2.45) is 5.92 Å². The average Bonchev–Trinajstić information content (AvgIpc) is 2.60. The SMILES string of the molecule is Cc1ccccc1CN1CCCC(C(=O)Nc2ccc(F)cc2F)C1. The number of benzene rings is 2. The van der Waals surface area contributed by atoms with E-state index in [4.69, 9.17) is 0 Å². The van der Waals surface area contributed by atoms with Crippen LogP contribution in [0.4, 0.5) is 14.5 Å². The van der Waals surface area contributed by atoms with Crippen LogP contribution in [0.2, 0.25) is 0 Å². The van der Waals surface area contributed by atoms with Gasteiger partial charge in [0.25, 0.3) is 0 Å².